The molecule has 2 rings (SSSR count). The molecule has 94 valence electrons. The molecule has 2 aliphatic rings. The second-order valence-corrected chi connectivity index (χ2v) is 6.14. The van der Waals surface area contributed by atoms with E-state index in [4.69, 9.17) is 0 Å². The first-order chi connectivity index (χ1) is 8.05. The van der Waals surface area contributed by atoms with E-state index >= 15 is 0 Å². The van der Waals surface area contributed by atoms with Crippen molar-refractivity contribution in [3.63, 3.8) is 0 Å². The number of nitrogens with zero attached hydrogens (tertiary/aromatic N) is 1. The SMILES string of the molecule is CC1CCC(NC(=O)C2(C#N)CC(C)C2)CC1. The highest BCUT2D eigenvalue weighted by Gasteiger charge is 2.49. The largest absolute Gasteiger partial charge is 0.352 e. The van der Waals surface area contributed by atoms with Gasteiger partial charge in [0.1, 0.15) is 5.41 Å². The molecule has 0 aromatic rings. The van der Waals surface area contributed by atoms with E-state index in [0.717, 1.165) is 31.6 Å². The van der Waals surface area contributed by atoms with Gasteiger partial charge in [0.05, 0.1) is 6.07 Å². The Morgan fingerprint density at radius 2 is 1.76 bits per heavy atom. The Morgan fingerprint density at radius 3 is 2.24 bits per heavy atom. The van der Waals surface area contributed by atoms with Crippen LogP contribution in [0.2, 0.25) is 0 Å². The number of hydrogen-bond donors (Lipinski definition) is 1. The average molecular weight is 234 g/mol. The van der Waals surface area contributed by atoms with Gasteiger partial charge in [0, 0.05) is 6.04 Å². The number of amides is 1. The summed E-state index contributed by atoms with van der Waals surface area (Å²) in [5.74, 6) is 1.29. The lowest BCUT2D eigenvalue weighted by molar-refractivity contribution is -0.135. The summed E-state index contributed by atoms with van der Waals surface area (Å²) in [7, 11) is 0. The molecule has 0 unspecified atom stereocenters. The van der Waals surface area contributed by atoms with Crippen LogP contribution in [0.3, 0.4) is 0 Å². The van der Waals surface area contributed by atoms with E-state index in [0.29, 0.717) is 12.0 Å². The van der Waals surface area contributed by atoms with Crippen molar-refractivity contribution in [1.29, 1.82) is 5.26 Å². The normalized spacial score (nSPS) is 41.1. The van der Waals surface area contributed by atoms with Gasteiger partial charge < -0.3 is 5.32 Å². The van der Waals surface area contributed by atoms with Crippen LogP contribution in [-0.2, 0) is 4.79 Å². The summed E-state index contributed by atoms with van der Waals surface area (Å²) >= 11 is 0. The highest BCUT2D eigenvalue weighted by molar-refractivity contribution is 5.86. The maximum Gasteiger partial charge on any atom is 0.240 e. The van der Waals surface area contributed by atoms with E-state index in [1.54, 1.807) is 0 Å². The zero-order chi connectivity index (χ0) is 12.5. The lowest BCUT2D eigenvalue weighted by atomic mass is 9.63. The summed E-state index contributed by atoms with van der Waals surface area (Å²) in [4.78, 5) is 12.1. The lowest BCUT2D eigenvalue weighted by Crippen LogP contribution is -2.51. The predicted molar refractivity (Wildman–Crippen MR) is 66.0 cm³/mol. The van der Waals surface area contributed by atoms with Gasteiger partial charge in [0.2, 0.25) is 5.91 Å². The number of carbonyl (C=O) groups is 1. The third-order valence-electron chi connectivity index (χ3n) is 4.39. The molecule has 1 N–H and O–H groups in total. The first-order valence-corrected chi connectivity index (χ1v) is 6.78. The Hall–Kier alpha value is -1.04. The van der Waals surface area contributed by atoms with Crippen LogP contribution in [0.1, 0.15) is 52.4 Å². The lowest BCUT2D eigenvalue weighted by Gasteiger charge is -2.40. The Morgan fingerprint density at radius 1 is 1.18 bits per heavy atom. The molecule has 0 heterocycles. The number of nitrogens with one attached hydrogen (secondary N) is 1. The molecule has 0 aromatic carbocycles. The first kappa shape index (κ1) is 12.4. The molecule has 0 aromatic heterocycles. The molecule has 0 aliphatic heterocycles. The van der Waals surface area contributed by atoms with Crippen molar-refractivity contribution in [1.82, 2.24) is 5.32 Å². The van der Waals surface area contributed by atoms with E-state index in [1.807, 2.05) is 0 Å². The summed E-state index contributed by atoms with van der Waals surface area (Å²) in [6.07, 6.45) is 6.01. The van der Waals surface area contributed by atoms with Crippen LogP contribution >= 0.6 is 0 Å². The predicted octanol–water partition coefficient (Wildman–Crippen LogP) is 2.62. The van der Waals surface area contributed by atoms with E-state index in [1.165, 1.54) is 12.8 Å². The Labute approximate surface area is 104 Å². The van der Waals surface area contributed by atoms with Crippen LogP contribution in [0.25, 0.3) is 0 Å². The van der Waals surface area contributed by atoms with Gasteiger partial charge in [-0.3, -0.25) is 4.79 Å². The zero-order valence-electron chi connectivity index (χ0n) is 10.8. The summed E-state index contributed by atoms with van der Waals surface area (Å²) in [5.41, 5.74) is -0.706. The van der Waals surface area contributed by atoms with Gasteiger partial charge in [0.25, 0.3) is 0 Å². The fraction of sp³-hybridized carbons (Fsp3) is 0.857. The van der Waals surface area contributed by atoms with Crippen LogP contribution in [0.5, 0.6) is 0 Å². The van der Waals surface area contributed by atoms with E-state index < -0.39 is 5.41 Å². The first-order valence-electron chi connectivity index (χ1n) is 6.78. The highest BCUT2D eigenvalue weighted by Crippen LogP contribution is 2.45. The van der Waals surface area contributed by atoms with E-state index in [9.17, 15) is 10.1 Å². The minimum atomic E-state index is -0.706. The van der Waals surface area contributed by atoms with Crippen molar-refractivity contribution in [2.45, 2.75) is 58.4 Å². The van der Waals surface area contributed by atoms with Crippen LogP contribution in [0.4, 0.5) is 0 Å². The van der Waals surface area contributed by atoms with Crippen molar-refractivity contribution < 1.29 is 4.79 Å². The fourth-order valence-corrected chi connectivity index (χ4v) is 3.19. The molecule has 0 bridgehead atoms. The van der Waals surface area contributed by atoms with Gasteiger partial charge in [-0.2, -0.15) is 5.26 Å². The van der Waals surface area contributed by atoms with Crippen LogP contribution in [0, 0.1) is 28.6 Å². The molecule has 1 amide bonds. The molecule has 2 aliphatic carbocycles. The average Bonchev–Trinajstić information content (AvgIpc) is 2.27. The smallest absolute Gasteiger partial charge is 0.240 e. The van der Waals surface area contributed by atoms with Gasteiger partial charge in [0.15, 0.2) is 0 Å². The molecule has 2 fully saturated rings. The zero-order valence-corrected chi connectivity index (χ0v) is 10.8. The third-order valence-corrected chi connectivity index (χ3v) is 4.39. The second-order valence-electron chi connectivity index (χ2n) is 6.14. The van der Waals surface area contributed by atoms with Gasteiger partial charge >= 0.3 is 0 Å². The summed E-state index contributed by atoms with van der Waals surface area (Å²) in [6.45, 7) is 4.37. The van der Waals surface area contributed by atoms with Crippen LogP contribution in [-0.4, -0.2) is 11.9 Å². The molecule has 3 nitrogen and oxygen atoms in total. The summed E-state index contributed by atoms with van der Waals surface area (Å²) < 4.78 is 0. The minimum absolute atomic E-state index is 0.0161. The summed E-state index contributed by atoms with van der Waals surface area (Å²) in [5, 5.41) is 12.3. The van der Waals surface area contributed by atoms with Gasteiger partial charge in [-0.25, -0.2) is 0 Å². The topological polar surface area (TPSA) is 52.9 Å². The fourth-order valence-electron chi connectivity index (χ4n) is 3.19. The summed E-state index contributed by atoms with van der Waals surface area (Å²) in [6, 6.07) is 2.54. The van der Waals surface area contributed by atoms with Crippen molar-refractivity contribution >= 4 is 5.91 Å². The number of nitriles is 1. The van der Waals surface area contributed by atoms with E-state index in [2.05, 4.69) is 25.2 Å². The Bertz CT molecular complexity index is 331. The van der Waals surface area contributed by atoms with Gasteiger partial charge in [-0.1, -0.05) is 13.8 Å². The number of carbonyl (C=O) groups excluding carboxylic acids is 1. The van der Waals surface area contributed by atoms with Crippen molar-refractivity contribution in [3.05, 3.63) is 0 Å². The van der Waals surface area contributed by atoms with Crippen molar-refractivity contribution in [2.24, 2.45) is 17.3 Å². The number of rotatable bonds is 2. The maximum atomic E-state index is 12.1. The molecule has 0 spiro atoms. The van der Waals surface area contributed by atoms with Gasteiger partial charge in [-0.15, -0.1) is 0 Å². The van der Waals surface area contributed by atoms with E-state index in [-0.39, 0.29) is 5.91 Å². The van der Waals surface area contributed by atoms with Crippen LogP contribution < -0.4 is 5.32 Å². The van der Waals surface area contributed by atoms with Crippen LogP contribution in [0.15, 0.2) is 0 Å². The number of hydrogen-bond acceptors (Lipinski definition) is 2. The quantitative estimate of drug-likeness (QED) is 0.798. The molecule has 2 saturated carbocycles. The van der Waals surface area contributed by atoms with Gasteiger partial charge in [-0.05, 0) is 50.4 Å². The second kappa shape index (κ2) is 4.68. The Kier molecular flexibility index (Phi) is 3.42. The molecule has 0 radical (unpaired) electrons. The minimum Gasteiger partial charge on any atom is -0.352 e. The van der Waals surface area contributed by atoms with Crippen molar-refractivity contribution in [3.8, 4) is 6.07 Å². The third kappa shape index (κ3) is 2.46. The molecule has 0 saturated heterocycles. The molecular weight excluding hydrogens is 212 g/mol. The standard InChI is InChI=1S/C14H22N2O/c1-10-3-5-12(6-4-10)16-13(17)14(9-15)7-11(2)8-14/h10-12H,3-8H2,1-2H3,(H,16,17). The van der Waals surface area contributed by atoms with Crippen molar-refractivity contribution in [2.75, 3.05) is 0 Å². The highest BCUT2D eigenvalue weighted by atomic mass is 16.2. The molecule has 0 atom stereocenters. The monoisotopic (exact) mass is 234 g/mol. The molecule has 3 heteroatoms. The molecular formula is C14H22N2O. The maximum absolute atomic E-state index is 12.1. The molecule has 17 heavy (non-hydrogen) atoms. The Balaban J connectivity index is 1.87.